The Hall–Kier alpha value is -3.27. The summed E-state index contributed by atoms with van der Waals surface area (Å²) in [6, 6.07) is 11.0. The number of halogens is 1. The summed E-state index contributed by atoms with van der Waals surface area (Å²) < 4.78 is 5.26. The molecule has 0 aliphatic carbocycles. The Morgan fingerprint density at radius 2 is 1.74 bits per heavy atom. The number of amides is 2. The second-order valence-corrected chi connectivity index (χ2v) is 7.21. The zero-order chi connectivity index (χ0) is 22.2. The molecule has 0 radical (unpaired) electrons. The number of benzene rings is 2. The van der Waals surface area contributed by atoms with Crippen LogP contribution in [0, 0.1) is 10.1 Å². The van der Waals surface area contributed by atoms with E-state index in [1.807, 2.05) is 4.90 Å². The van der Waals surface area contributed by atoms with Crippen LogP contribution < -0.4 is 10.6 Å². The number of nitrogens with one attached hydrogen (secondary N) is 2. The molecule has 1 fully saturated rings. The maximum atomic E-state index is 12.1. The van der Waals surface area contributed by atoms with Crippen molar-refractivity contribution < 1.29 is 19.2 Å². The summed E-state index contributed by atoms with van der Waals surface area (Å²) in [6.45, 7) is 3.02. The third-order valence-corrected chi connectivity index (χ3v) is 4.82. The highest BCUT2D eigenvalue weighted by molar-refractivity contribution is 6.32. The number of nitrogens with zero attached hydrogens (tertiary/aromatic N) is 2. The molecule has 10 heteroatoms. The van der Waals surface area contributed by atoms with E-state index < -0.39 is 10.8 Å². The Balaban J connectivity index is 1.51. The molecule has 0 bridgehead atoms. The van der Waals surface area contributed by atoms with E-state index in [0.717, 1.165) is 13.1 Å². The van der Waals surface area contributed by atoms with Crippen molar-refractivity contribution in [3.8, 4) is 0 Å². The molecule has 9 nitrogen and oxygen atoms in total. The van der Waals surface area contributed by atoms with Gasteiger partial charge in [0.2, 0.25) is 11.8 Å². The minimum atomic E-state index is -0.582. The molecule has 2 aromatic carbocycles. The number of hydrogen-bond acceptors (Lipinski definition) is 6. The van der Waals surface area contributed by atoms with Crippen molar-refractivity contribution in [2.45, 2.75) is 0 Å². The van der Waals surface area contributed by atoms with Gasteiger partial charge in [0.1, 0.15) is 5.02 Å². The molecule has 2 N–H and O–H groups in total. The fourth-order valence-electron chi connectivity index (χ4n) is 2.93. The van der Waals surface area contributed by atoms with Crippen LogP contribution in [0.1, 0.15) is 5.56 Å². The average molecular weight is 445 g/mol. The first kappa shape index (κ1) is 22.4. The van der Waals surface area contributed by atoms with Crippen LogP contribution in [0.4, 0.5) is 17.1 Å². The first-order chi connectivity index (χ1) is 14.9. The lowest BCUT2D eigenvalue weighted by Crippen LogP contribution is -2.41. The van der Waals surface area contributed by atoms with Crippen LogP contribution >= 0.6 is 11.6 Å². The lowest BCUT2D eigenvalue weighted by atomic mass is 10.2. The maximum absolute atomic E-state index is 12.1. The van der Waals surface area contributed by atoms with E-state index in [1.165, 1.54) is 24.3 Å². The van der Waals surface area contributed by atoms with E-state index >= 15 is 0 Å². The van der Waals surface area contributed by atoms with E-state index in [9.17, 15) is 19.7 Å². The van der Waals surface area contributed by atoms with Gasteiger partial charge in [-0.1, -0.05) is 17.7 Å². The molecule has 0 aromatic heterocycles. The number of nitro groups is 1. The second-order valence-electron chi connectivity index (χ2n) is 6.80. The van der Waals surface area contributed by atoms with Crippen molar-refractivity contribution >= 4 is 46.6 Å². The molecular weight excluding hydrogens is 424 g/mol. The summed E-state index contributed by atoms with van der Waals surface area (Å²) in [5.74, 6) is -0.514. The lowest BCUT2D eigenvalue weighted by molar-refractivity contribution is -0.384. The van der Waals surface area contributed by atoms with Gasteiger partial charge >= 0.3 is 0 Å². The van der Waals surface area contributed by atoms with Gasteiger partial charge in [-0.25, -0.2) is 0 Å². The molecule has 162 valence electrons. The van der Waals surface area contributed by atoms with Gasteiger partial charge in [-0.3, -0.25) is 24.6 Å². The summed E-state index contributed by atoms with van der Waals surface area (Å²) in [6.07, 6.45) is 2.73. The number of rotatable bonds is 7. The predicted molar refractivity (Wildman–Crippen MR) is 118 cm³/mol. The van der Waals surface area contributed by atoms with Gasteiger partial charge in [-0.2, -0.15) is 0 Å². The number of carbonyl (C=O) groups excluding carboxylic acids is 2. The molecule has 2 aromatic rings. The normalized spacial score (nSPS) is 14.4. The van der Waals surface area contributed by atoms with Gasteiger partial charge in [0.25, 0.3) is 5.69 Å². The van der Waals surface area contributed by atoms with Crippen molar-refractivity contribution in [2.24, 2.45) is 0 Å². The number of nitro benzene ring substituents is 1. The Labute approximate surface area is 183 Å². The molecule has 1 saturated heterocycles. The number of anilines is 2. The lowest BCUT2D eigenvalue weighted by Gasteiger charge is -2.25. The Morgan fingerprint density at radius 3 is 2.39 bits per heavy atom. The van der Waals surface area contributed by atoms with Crippen LogP contribution in [0.3, 0.4) is 0 Å². The molecule has 1 aliphatic rings. The molecule has 0 saturated carbocycles. The van der Waals surface area contributed by atoms with Crippen molar-refractivity contribution in [3.63, 3.8) is 0 Å². The van der Waals surface area contributed by atoms with Gasteiger partial charge in [0, 0.05) is 36.6 Å². The van der Waals surface area contributed by atoms with Gasteiger partial charge in [0.05, 0.1) is 24.7 Å². The number of carbonyl (C=O) groups is 2. The monoisotopic (exact) mass is 444 g/mol. The second kappa shape index (κ2) is 10.7. The summed E-state index contributed by atoms with van der Waals surface area (Å²) >= 11 is 5.78. The maximum Gasteiger partial charge on any atom is 0.288 e. The molecule has 0 atom stereocenters. The van der Waals surface area contributed by atoms with E-state index in [1.54, 1.807) is 30.3 Å². The summed E-state index contributed by atoms with van der Waals surface area (Å²) in [4.78, 5) is 36.6. The summed E-state index contributed by atoms with van der Waals surface area (Å²) in [7, 11) is 0. The molecular formula is C21H21ClN4O5. The molecule has 1 aliphatic heterocycles. The molecule has 3 rings (SSSR count). The topological polar surface area (TPSA) is 114 Å². The van der Waals surface area contributed by atoms with E-state index in [0.29, 0.717) is 36.7 Å². The van der Waals surface area contributed by atoms with Crippen LogP contribution in [0.5, 0.6) is 0 Å². The fourth-order valence-corrected chi connectivity index (χ4v) is 3.12. The minimum absolute atomic E-state index is 0.0312. The molecule has 2 amide bonds. The zero-order valence-electron chi connectivity index (χ0n) is 16.5. The zero-order valence-corrected chi connectivity index (χ0v) is 17.3. The van der Waals surface area contributed by atoms with E-state index in [4.69, 9.17) is 16.3 Å². The van der Waals surface area contributed by atoms with Crippen LogP contribution in [0.25, 0.3) is 6.08 Å². The molecule has 0 unspecified atom stereocenters. The highest BCUT2D eigenvalue weighted by Gasteiger charge is 2.14. The highest BCUT2D eigenvalue weighted by Crippen LogP contribution is 2.25. The number of hydrogen-bond donors (Lipinski definition) is 2. The van der Waals surface area contributed by atoms with Gasteiger partial charge in [-0.05, 0) is 42.0 Å². The third-order valence-electron chi connectivity index (χ3n) is 4.50. The average Bonchev–Trinajstić information content (AvgIpc) is 2.75. The number of morpholine rings is 1. The first-order valence-corrected chi connectivity index (χ1v) is 9.91. The van der Waals surface area contributed by atoms with Crippen molar-refractivity contribution in [3.05, 3.63) is 69.2 Å². The van der Waals surface area contributed by atoms with Crippen molar-refractivity contribution in [1.82, 2.24) is 4.90 Å². The quantitative estimate of drug-likeness (QED) is 0.385. The van der Waals surface area contributed by atoms with Crippen molar-refractivity contribution in [1.29, 1.82) is 0 Å². The Kier molecular flexibility index (Phi) is 7.71. The summed E-state index contributed by atoms with van der Waals surface area (Å²) in [5, 5.41) is 16.5. The molecule has 1 heterocycles. The third kappa shape index (κ3) is 6.88. The van der Waals surface area contributed by atoms with Crippen LogP contribution in [-0.2, 0) is 14.3 Å². The SMILES string of the molecule is O=C(C=Cc1ccc(Cl)c([N+](=O)[O-])c1)Nc1ccc(NC(=O)CN2CCOCC2)cc1. The largest absolute Gasteiger partial charge is 0.379 e. The predicted octanol–water partition coefficient (Wildman–Crippen LogP) is 3.17. The van der Waals surface area contributed by atoms with Gasteiger partial charge < -0.3 is 15.4 Å². The first-order valence-electron chi connectivity index (χ1n) is 9.54. The van der Waals surface area contributed by atoms with E-state index in [2.05, 4.69) is 10.6 Å². The summed E-state index contributed by atoms with van der Waals surface area (Å²) in [5.41, 5.74) is 1.42. The standard InChI is InChI=1S/C21H21ClN4O5/c22-18-7-1-15(13-19(18)26(29)30)2-8-20(27)23-16-3-5-17(6-4-16)24-21(28)14-25-9-11-31-12-10-25/h1-8,13H,9-12,14H2,(H,23,27)(H,24,28). The van der Waals surface area contributed by atoms with Crippen LogP contribution in [0.15, 0.2) is 48.5 Å². The number of ether oxygens (including phenoxy) is 1. The smallest absolute Gasteiger partial charge is 0.288 e. The van der Waals surface area contributed by atoms with Gasteiger partial charge in [0.15, 0.2) is 0 Å². The van der Waals surface area contributed by atoms with Crippen LogP contribution in [0.2, 0.25) is 5.02 Å². The van der Waals surface area contributed by atoms with Crippen LogP contribution in [-0.4, -0.2) is 54.5 Å². The Bertz CT molecular complexity index is 988. The Morgan fingerprint density at radius 1 is 1.10 bits per heavy atom. The van der Waals surface area contributed by atoms with Crippen molar-refractivity contribution in [2.75, 3.05) is 43.5 Å². The van der Waals surface area contributed by atoms with E-state index in [-0.39, 0.29) is 16.6 Å². The molecule has 31 heavy (non-hydrogen) atoms. The minimum Gasteiger partial charge on any atom is -0.379 e. The highest BCUT2D eigenvalue weighted by atomic mass is 35.5. The van der Waals surface area contributed by atoms with Gasteiger partial charge in [-0.15, -0.1) is 0 Å². The fraction of sp³-hybridized carbons (Fsp3) is 0.238. The molecule has 0 spiro atoms.